The molecule has 0 radical (unpaired) electrons. The third-order valence-electron chi connectivity index (χ3n) is 1.97. The van der Waals surface area contributed by atoms with E-state index in [2.05, 4.69) is 0 Å². The van der Waals surface area contributed by atoms with Crippen molar-refractivity contribution in [3.05, 3.63) is 29.3 Å². The van der Waals surface area contributed by atoms with Crippen LogP contribution in [0.4, 0.5) is 0 Å². The molecule has 0 aliphatic heterocycles. The molecule has 0 spiro atoms. The zero-order chi connectivity index (χ0) is 13.0. The predicted molar refractivity (Wildman–Crippen MR) is 56.5 cm³/mol. The van der Waals surface area contributed by atoms with Gasteiger partial charge in [0.2, 0.25) is 0 Å². The first-order valence-corrected chi connectivity index (χ1v) is 4.64. The SMILES string of the molecule is CC(=O)c1ccc(OCC(=O)O)c(C(=O)O)c1. The van der Waals surface area contributed by atoms with Gasteiger partial charge in [0.25, 0.3) is 0 Å². The minimum absolute atomic E-state index is 0.0788. The van der Waals surface area contributed by atoms with Gasteiger partial charge in [0.05, 0.1) is 0 Å². The van der Waals surface area contributed by atoms with Crippen molar-refractivity contribution >= 4 is 17.7 Å². The first kappa shape index (κ1) is 12.7. The maximum Gasteiger partial charge on any atom is 0.341 e. The summed E-state index contributed by atoms with van der Waals surface area (Å²) in [5, 5.41) is 17.3. The van der Waals surface area contributed by atoms with E-state index in [1.165, 1.54) is 19.1 Å². The fourth-order valence-electron chi connectivity index (χ4n) is 1.18. The third kappa shape index (κ3) is 3.30. The molecule has 6 nitrogen and oxygen atoms in total. The number of carboxylic acids is 2. The summed E-state index contributed by atoms with van der Waals surface area (Å²) in [6, 6.07) is 3.80. The molecule has 0 aliphatic rings. The summed E-state index contributed by atoms with van der Waals surface area (Å²) >= 11 is 0. The van der Waals surface area contributed by atoms with Gasteiger partial charge in [0.1, 0.15) is 11.3 Å². The quantitative estimate of drug-likeness (QED) is 0.743. The van der Waals surface area contributed by atoms with Crippen LogP contribution in [0.15, 0.2) is 18.2 Å². The molecule has 2 N–H and O–H groups in total. The van der Waals surface area contributed by atoms with Crippen LogP contribution in [0.3, 0.4) is 0 Å². The van der Waals surface area contributed by atoms with E-state index in [4.69, 9.17) is 14.9 Å². The molecule has 0 saturated heterocycles. The standard InChI is InChI=1S/C11H10O6/c1-6(12)7-2-3-9(17-5-10(13)14)8(4-7)11(15)16/h2-4H,5H2,1H3,(H,13,14)(H,15,16). The number of aliphatic carboxylic acids is 1. The number of carboxylic acid groups (broad SMARTS) is 2. The lowest BCUT2D eigenvalue weighted by molar-refractivity contribution is -0.139. The molecule has 0 bridgehead atoms. The van der Waals surface area contributed by atoms with E-state index in [0.29, 0.717) is 0 Å². The van der Waals surface area contributed by atoms with Crippen LogP contribution in [-0.2, 0) is 4.79 Å². The van der Waals surface area contributed by atoms with Gasteiger partial charge < -0.3 is 14.9 Å². The van der Waals surface area contributed by atoms with Gasteiger partial charge in [-0.2, -0.15) is 0 Å². The van der Waals surface area contributed by atoms with Crippen molar-refractivity contribution in [1.29, 1.82) is 0 Å². The van der Waals surface area contributed by atoms with Crippen LogP contribution in [0.25, 0.3) is 0 Å². The number of ether oxygens (including phenoxy) is 1. The lowest BCUT2D eigenvalue weighted by Gasteiger charge is -2.07. The van der Waals surface area contributed by atoms with Gasteiger partial charge in [0, 0.05) is 5.56 Å². The molecule has 0 fully saturated rings. The Morgan fingerprint density at radius 1 is 1.24 bits per heavy atom. The van der Waals surface area contributed by atoms with Crippen LogP contribution in [0.2, 0.25) is 0 Å². The molecule has 0 amide bonds. The molecule has 6 heteroatoms. The van der Waals surface area contributed by atoms with Crippen LogP contribution in [0.1, 0.15) is 27.6 Å². The molecule has 0 unspecified atom stereocenters. The Morgan fingerprint density at radius 3 is 2.35 bits per heavy atom. The summed E-state index contributed by atoms with van der Waals surface area (Å²) in [6.07, 6.45) is 0. The highest BCUT2D eigenvalue weighted by molar-refractivity contribution is 5.98. The first-order chi connectivity index (χ1) is 7.91. The Hall–Kier alpha value is -2.37. The number of carbonyl (C=O) groups excluding carboxylic acids is 1. The third-order valence-corrected chi connectivity index (χ3v) is 1.97. The van der Waals surface area contributed by atoms with Crippen molar-refractivity contribution in [2.24, 2.45) is 0 Å². The van der Waals surface area contributed by atoms with Crippen LogP contribution in [-0.4, -0.2) is 34.5 Å². The zero-order valence-electron chi connectivity index (χ0n) is 8.97. The van der Waals surface area contributed by atoms with Gasteiger partial charge in [0.15, 0.2) is 12.4 Å². The summed E-state index contributed by atoms with van der Waals surface area (Å²) in [7, 11) is 0. The Morgan fingerprint density at radius 2 is 1.88 bits per heavy atom. The van der Waals surface area contributed by atoms with Gasteiger partial charge >= 0.3 is 11.9 Å². The van der Waals surface area contributed by atoms with Crippen LogP contribution in [0.5, 0.6) is 5.75 Å². The van der Waals surface area contributed by atoms with Gasteiger partial charge in [-0.3, -0.25) is 4.79 Å². The molecule has 1 aromatic rings. The number of hydrogen-bond donors (Lipinski definition) is 2. The maximum atomic E-state index is 11.1. The average Bonchev–Trinajstić information content (AvgIpc) is 2.25. The number of rotatable bonds is 5. The smallest absolute Gasteiger partial charge is 0.341 e. The number of aromatic carboxylic acids is 1. The lowest BCUT2D eigenvalue weighted by Crippen LogP contribution is -2.12. The molecular formula is C11H10O6. The van der Waals surface area contributed by atoms with E-state index in [1.807, 2.05) is 0 Å². The minimum atomic E-state index is -1.28. The highest BCUT2D eigenvalue weighted by Gasteiger charge is 2.14. The van der Waals surface area contributed by atoms with Crippen molar-refractivity contribution in [1.82, 2.24) is 0 Å². The summed E-state index contributed by atoms with van der Waals surface area (Å²) in [6.45, 7) is 0.665. The summed E-state index contributed by atoms with van der Waals surface area (Å²) in [5.74, 6) is -2.85. The van der Waals surface area contributed by atoms with Crippen molar-refractivity contribution in [2.75, 3.05) is 6.61 Å². The zero-order valence-corrected chi connectivity index (χ0v) is 8.97. The second kappa shape index (κ2) is 5.11. The highest BCUT2D eigenvalue weighted by Crippen LogP contribution is 2.20. The lowest BCUT2D eigenvalue weighted by atomic mass is 10.1. The Bertz CT molecular complexity index is 477. The topological polar surface area (TPSA) is 101 Å². The highest BCUT2D eigenvalue weighted by atomic mass is 16.5. The number of hydrogen-bond acceptors (Lipinski definition) is 4. The second-order valence-electron chi connectivity index (χ2n) is 3.25. The van der Waals surface area contributed by atoms with E-state index >= 15 is 0 Å². The molecule has 0 aromatic heterocycles. The van der Waals surface area contributed by atoms with E-state index < -0.39 is 18.5 Å². The second-order valence-corrected chi connectivity index (χ2v) is 3.25. The predicted octanol–water partition coefficient (Wildman–Crippen LogP) is 1.05. The molecule has 1 aromatic carbocycles. The number of carbonyl (C=O) groups is 3. The Kier molecular flexibility index (Phi) is 3.82. The van der Waals surface area contributed by atoms with E-state index in [-0.39, 0.29) is 22.7 Å². The van der Waals surface area contributed by atoms with Crippen LogP contribution < -0.4 is 4.74 Å². The summed E-state index contributed by atoms with van der Waals surface area (Å²) in [4.78, 5) is 32.3. The van der Waals surface area contributed by atoms with Crippen LogP contribution >= 0.6 is 0 Å². The molecule has 0 aliphatic carbocycles. The summed E-state index contributed by atoms with van der Waals surface area (Å²) in [5.41, 5.74) is -0.0102. The molecule has 0 heterocycles. The van der Waals surface area contributed by atoms with E-state index in [1.54, 1.807) is 0 Å². The van der Waals surface area contributed by atoms with Crippen molar-refractivity contribution in [3.63, 3.8) is 0 Å². The fourth-order valence-corrected chi connectivity index (χ4v) is 1.18. The molecule has 90 valence electrons. The maximum absolute atomic E-state index is 11.1. The van der Waals surface area contributed by atoms with Crippen molar-refractivity contribution < 1.29 is 29.3 Å². The van der Waals surface area contributed by atoms with E-state index in [9.17, 15) is 14.4 Å². The van der Waals surface area contributed by atoms with Crippen LogP contribution in [0, 0.1) is 0 Å². The van der Waals surface area contributed by atoms with Gasteiger partial charge in [-0.15, -0.1) is 0 Å². The van der Waals surface area contributed by atoms with Gasteiger partial charge in [-0.25, -0.2) is 9.59 Å². The number of benzene rings is 1. The van der Waals surface area contributed by atoms with Crippen molar-refractivity contribution in [2.45, 2.75) is 6.92 Å². The van der Waals surface area contributed by atoms with E-state index in [0.717, 1.165) is 6.07 Å². The van der Waals surface area contributed by atoms with Gasteiger partial charge in [-0.05, 0) is 25.1 Å². The van der Waals surface area contributed by atoms with Crippen molar-refractivity contribution in [3.8, 4) is 5.75 Å². The molecule has 0 atom stereocenters. The van der Waals surface area contributed by atoms with Gasteiger partial charge in [-0.1, -0.05) is 0 Å². The Balaban J connectivity index is 3.08. The normalized spacial score (nSPS) is 9.71. The monoisotopic (exact) mass is 238 g/mol. The number of ketones is 1. The average molecular weight is 238 g/mol. The molecule has 0 saturated carbocycles. The molecular weight excluding hydrogens is 228 g/mol. The number of Topliss-reactive ketones (excluding diaryl/α,β-unsaturated/α-hetero) is 1. The Labute approximate surface area is 96.4 Å². The largest absolute Gasteiger partial charge is 0.481 e. The molecule has 17 heavy (non-hydrogen) atoms. The minimum Gasteiger partial charge on any atom is -0.481 e. The first-order valence-electron chi connectivity index (χ1n) is 4.64. The molecule has 1 rings (SSSR count). The fraction of sp³-hybridized carbons (Fsp3) is 0.182. The summed E-state index contributed by atoms with van der Waals surface area (Å²) < 4.78 is 4.80.